The molecular formula is C18H15FN4O2. The first kappa shape index (κ1) is 16.5. The van der Waals surface area contributed by atoms with E-state index in [4.69, 9.17) is 0 Å². The van der Waals surface area contributed by atoms with Crippen LogP contribution in [0.1, 0.15) is 17.7 Å². The van der Waals surface area contributed by atoms with Crippen LogP contribution in [0, 0.1) is 5.82 Å². The molecule has 0 saturated carbocycles. The topological polar surface area (TPSA) is 87.2 Å². The van der Waals surface area contributed by atoms with Crippen LogP contribution >= 0.6 is 0 Å². The number of halogens is 1. The molecule has 0 aliphatic heterocycles. The van der Waals surface area contributed by atoms with Gasteiger partial charge in [-0.25, -0.2) is 14.8 Å². The number of hydrogen-bond donors (Lipinski definition) is 2. The summed E-state index contributed by atoms with van der Waals surface area (Å²) in [4.78, 5) is 30.8. The minimum absolute atomic E-state index is 0.0785. The molecule has 3 aromatic rings. The second-order valence-electron chi connectivity index (χ2n) is 5.37. The van der Waals surface area contributed by atoms with E-state index < -0.39 is 0 Å². The highest BCUT2D eigenvalue weighted by molar-refractivity contribution is 5.82. The molecule has 0 saturated heterocycles. The molecule has 7 heteroatoms. The first-order valence-electron chi connectivity index (χ1n) is 7.67. The molecule has 0 atom stereocenters. The Morgan fingerprint density at radius 3 is 2.76 bits per heavy atom. The largest absolute Gasteiger partial charge is 0.319 e. The standard InChI is InChI=1S/C18H15FN4O2/c19-13-7-5-12(6-8-13)11-20-23-17(24)10-9-16-18(25)22-15-4-2-1-3-14(15)21-16/h1-8,11H,9-10H2,(H,22,25)(H,23,24)/b20-11-. The van der Waals surface area contributed by atoms with Gasteiger partial charge in [0.1, 0.15) is 11.5 Å². The molecule has 3 rings (SSSR count). The zero-order valence-electron chi connectivity index (χ0n) is 13.2. The summed E-state index contributed by atoms with van der Waals surface area (Å²) in [5, 5.41) is 3.80. The number of para-hydroxylation sites is 2. The molecule has 0 aliphatic rings. The lowest BCUT2D eigenvalue weighted by atomic mass is 10.2. The van der Waals surface area contributed by atoms with E-state index in [1.54, 1.807) is 24.3 Å². The minimum atomic E-state index is -0.340. The van der Waals surface area contributed by atoms with Crippen molar-refractivity contribution in [1.29, 1.82) is 0 Å². The molecule has 0 radical (unpaired) electrons. The Labute approximate surface area is 142 Å². The number of hydrazone groups is 1. The number of aromatic nitrogens is 2. The van der Waals surface area contributed by atoms with Crippen molar-refractivity contribution >= 4 is 23.2 Å². The summed E-state index contributed by atoms with van der Waals surface area (Å²) in [5.74, 6) is -0.679. The van der Waals surface area contributed by atoms with Crippen LogP contribution < -0.4 is 11.0 Å². The molecule has 2 N–H and O–H groups in total. The number of fused-ring (bicyclic) bond motifs is 1. The number of rotatable bonds is 5. The number of aromatic amines is 1. The van der Waals surface area contributed by atoms with E-state index in [2.05, 4.69) is 20.5 Å². The number of aryl methyl sites for hydroxylation is 1. The van der Waals surface area contributed by atoms with Gasteiger partial charge in [0.2, 0.25) is 5.91 Å². The molecule has 1 aromatic heterocycles. The van der Waals surface area contributed by atoms with Gasteiger partial charge in [-0.2, -0.15) is 5.10 Å². The average Bonchev–Trinajstić information content (AvgIpc) is 2.61. The zero-order valence-corrected chi connectivity index (χ0v) is 13.2. The number of benzene rings is 2. The van der Waals surface area contributed by atoms with Crippen LogP contribution in [-0.2, 0) is 11.2 Å². The van der Waals surface area contributed by atoms with Gasteiger partial charge in [-0.3, -0.25) is 9.59 Å². The Morgan fingerprint density at radius 2 is 1.96 bits per heavy atom. The van der Waals surface area contributed by atoms with Crippen molar-refractivity contribution in [2.75, 3.05) is 0 Å². The summed E-state index contributed by atoms with van der Waals surface area (Å²) in [6, 6.07) is 12.9. The molecule has 0 fully saturated rings. The number of carbonyl (C=O) groups is 1. The summed E-state index contributed by atoms with van der Waals surface area (Å²) >= 11 is 0. The third-order valence-corrected chi connectivity index (χ3v) is 3.53. The molecular weight excluding hydrogens is 323 g/mol. The van der Waals surface area contributed by atoms with Gasteiger partial charge in [-0.05, 0) is 29.8 Å². The van der Waals surface area contributed by atoms with Crippen molar-refractivity contribution in [1.82, 2.24) is 15.4 Å². The Hall–Kier alpha value is -3.35. The molecule has 0 bridgehead atoms. The predicted octanol–water partition coefficient (Wildman–Crippen LogP) is 2.15. The van der Waals surface area contributed by atoms with Crippen LogP contribution in [-0.4, -0.2) is 22.1 Å². The summed E-state index contributed by atoms with van der Waals surface area (Å²) in [7, 11) is 0. The second kappa shape index (κ2) is 7.48. The Balaban J connectivity index is 1.58. The van der Waals surface area contributed by atoms with Gasteiger partial charge in [0.25, 0.3) is 5.56 Å². The van der Waals surface area contributed by atoms with Crippen molar-refractivity contribution in [2.24, 2.45) is 5.10 Å². The number of carbonyl (C=O) groups excluding carboxylic acids is 1. The molecule has 2 aromatic carbocycles. The summed E-state index contributed by atoms with van der Waals surface area (Å²) in [6.45, 7) is 0. The predicted molar refractivity (Wildman–Crippen MR) is 92.8 cm³/mol. The molecule has 6 nitrogen and oxygen atoms in total. The van der Waals surface area contributed by atoms with Crippen LogP contribution in [0.3, 0.4) is 0 Å². The monoisotopic (exact) mass is 338 g/mol. The van der Waals surface area contributed by atoms with E-state index in [0.29, 0.717) is 22.3 Å². The highest BCUT2D eigenvalue weighted by Gasteiger charge is 2.07. The normalized spacial score (nSPS) is 11.1. The maximum Gasteiger partial charge on any atom is 0.270 e. The number of amides is 1. The third-order valence-electron chi connectivity index (χ3n) is 3.53. The van der Waals surface area contributed by atoms with E-state index in [-0.39, 0.29) is 30.1 Å². The maximum atomic E-state index is 12.8. The highest BCUT2D eigenvalue weighted by atomic mass is 19.1. The average molecular weight is 338 g/mol. The fraction of sp³-hybridized carbons (Fsp3) is 0.111. The van der Waals surface area contributed by atoms with E-state index in [0.717, 1.165) is 0 Å². The Kier molecular flexibility index (Phi) is 4.94. The quantitative estimate of drug-likeness (QED) is 0.552. The molecule has 25 heavy (non-hydrogen) atoms. The van der Waals surface area contributed by atoms with Crippen LogP contribution in [0.5, 0.6) is 0 Å². The van der Waals surface area contributed by atoms with E-state index in [1.807, 2.05) is 12.1 Å². The third kappa shape index (κ3) is 4.35. The lowest BCUT2D eigenvalue weighted by molar-refractivity contribution is -0.121. The van der Waals surface area contributed by atoms with E-state index in [1.165, 1.54) is 18.3 Å². The summed E-state index contributed by atoms with van der Waals surface area (Å²) in [6.07, 6.45) is 1.70. The van der Waals surface area contributed by atoms with Gasteiger partial charge in [-0.15, -0.1) is 0 Å². The molecule has 0 unspecified atom stereocenters. The van der Waals surface area contributed by atoms with Crippen molar-refractivity contribution < 1.29 is 9.18 Å². The number of hydrogen-bond acceptors (Lipinski definition) is 4. The smallest absolute Gasteiger partial charge is 0.270 e. The first-order valence-corrected chi connectivity index (χ1v) is 7.67. The first-order chi connectivity index (χ1) is 12.1. The van der Waals surface area contributed by atoms with Gasteiger partial charge in [0.15, 0.2) is 0 Å². The summed E-state index contributed by atoms with van der Waals surface area (Å²) in [5.41, 5.74) is 4.36. The maximum absolute atomic E-state index is 12.8. The lowest BCUT2D eigenvalue weighted by Gasteiger charge is -2.02. The van der Waals surface area contributed by atoms with Crippen molar-refractivity contribution in [3.63, 3.8) is 0 Å². The lowest BCUT2D eigenvalue weighted by Crippen LogP contribution is -2.21. The fourth-order valence-electron chi connectivity index (χ4n) is 2.25. The number of H-pyrrole nitrogens is 1. The van der Waals surface area contributed by atoms with Gasteiger partial charge in [-0.1, -0.05) is 24.3 Å². The SMILES string of the molecule is O=C(CCc1nc2ccccc2[nH]c1=O)N/N=C\c1ccc(F)cc1. The molecule has 1 heterocycles. The highest BCUT2D eigenvalue weighted by Crippen LogP contribution is 2.06. The van der Waals surface area contributed by atoms with Gasteiger partial charge >= 0.3 is 0 Å². The molecule has 126 valence electrons. The number of nitrogens with one attached hydrogen (secondary N) is 2. The van der Waals surface area contributed by atoms with Crippen LogP contribution in [0.15, 0.2) is 58.4 Å². The molecule has 0 spiro atoms. The zero-order chi connectivity index (χ0) is 17.6. The van der Waals surface area contributed by atoms with E-state index >= 15 is 0 Å². The van der Waals surface area contributed by atoms with Gasteiger partial charge in [0, 0.05) is 12.8 Å². The van der Waals surface area contributed by atoms with E-state index in [9.17, 15) is 14.0 Å². The number of nitrogens with zero attached hydrogens (tertiary/aromatic N) is 2. The Bertz CT molecular complexity index is 980. The van der Waals surface area contributed by atoms with Gasteiger partial charge in [0.05, 0.1) is 17.2 Å². The minimum Gasteiger partial charge on any atom is -0.319 e. The summed E-state index contributed by atoms with van der Waals surface area (Å²) < 4.78 is 12.8. The fourth-order valence-corrected chi connectivity index (χ4v) is 2.25. The van der Waals surface area contributed by atoms with Crippen LogP contribution in [0.4, 0.5) is 4.39 Å². The van der Waals surface area contributed by atoms with Crippen molar-refractivity contribution in [2.45, 2.75) is 12.8 Å². The molecule has 0 aliphatic carbocycles. The van der Waals surface area contributed by atoms with Crippen LogP contribution in [0.2, 0.25) is 0 Å². The van der Waals surface area contributed by atoms with Crippen LogP contribution in [0.25, 0.3) is 11.0 Å². The second-order valence-corrected chi connectivity index (χ2v) is 5.37. The molecule has 1 amide bonds. The van der Waals surface area contributed by atoms with Gasteiger partial charge < -0.3 is 4.98 Å². The van der Waals surface area contributed by atoms with Crippen molar-refractivity contribution in [3.05, 3.63) is 76.0 Å². The Morgan fingerprint density at radius 1 is 1.20 bits per heavy atom. The van der Waals surface area contributed by atoms with Crippen molar-refractivity contribution in [3.8, 4) is 0 Å².